The molecule has 0 spiro atoms. The number of carbonyl (C=O) groups is 1. The van der Waals surface area contributed by atoms with Gasteiger partial charge in [-0.05, 0) is 48.0 Å². The van der Waals surface area contributed by atoms with Gasteiger partial charge in [-0.1, -0.05) is 0 Å². The van der Waals surface area contributed by atoms with Crippen LogP contribution < -0.4 is 10.1 Å². The highest BCUT2D eigenvalue weighted by molar-refractivity contribution is 9.10. The number of rotatable bonds is 1. The number of anilines is 1. The van der Waals surface area contributed by atoms with Gasteiger partial charge < -0.3 is 10.1 Å². The molecule has 0 bridgehead atoms. The molecule has 1 atom stereocenters. The maximum absolute atomic E-state index is 11.7. The van der Waals surface area contributed by atoms with Gasteiger partial charge in [0.15, 0.2) is 6.10 Å². The Labute approximate surface area is 125 Å². The second-order valence-electron chi connectivity index (χ2n) is 4.83. The molecule has 3 rings (SSSR count). The smallest absolute Gasteiger partial charge is 0.265 e. The zero-order valence-corrected chi connectivity index (χ0v) is 13.0. The van der Waals surface area contributed by atoms with E-state index in [9.17, 15) is 4.79 Å². The van der Waals surface area contributed by atoms with Gasteiger partial charge in [0, 0.05) is 12.6 Å². The zero-order chi connectivity index (χ0) is 14.4. The van der Waals surface area contributed by atoms with Crippen molar-refractivity contribution in [2.75, 3.05) is 5.32 Å². The summed E-state index contributed by atoms with van der Waals surface area (Å²) in [5.41, 5.74) is 3.56. The van der Waals surface area contributed by atoms with Crippen molar-refractivity contribution in [3.8, 4) is 17.0 Å². The second kappa shape index (κ2) is 4.63. The summed E-state index contributed by atoms with van der Waals surface area (Å²) < 4.78 is 8.32. The summed E-state index contributed by atoms with van der Waals surface area (Å²) in [6.07, 6.45) is -0.459. The van der Waals surface area contributed by atoms with E-state index in [0.29, 0.717) is 11.4 Å². The summed E-state index contributed by atoms with van der Waals surface area (Å²) in [6.45, 7) is 3.67. The van der Waals surface area contributed by atoms with E-state index in [2.05, 4.69) is 26.3 Å². The van der Waals surface area contributed by atoms with Gasteiger partial charge in [-0.25, -0.2) is 0 Å². The Balaban J connectivity index is 2.09. The maximum Gasteiger partial charge on any atom is 0.265 e. The number of aryl methyl sites for hydroxylation is 2. The molecule has 2 aromatic rings. The molecule has 2 heterocycles. The first kappa shape index (κ1) is 13.2. The number of hydrogen-bond donors (Lipinski definition) is 1. The van der Waals surface area contributed by atoms with Crippen molar-refractivity contribution in [2.24, 2.45) is 7.05 Å². The number of benzene rings is 1. The molecule has 1 N–H and O–H groups in total. The number of nitrogens with zero attached hydrogens (tertiary/aromatic N) is 2. The molecule has 0 saturated heterocycles. The number of nitrogens with one attached hydrogen (secondary N) is 1. The molecule has 0 saturated carbocycles. The van der Waals surface area contributed by atoms with E-state index in [1.54, 1.807) is 6.92 Å². The van der Waals surface area contributed by atoms with Crippen molar-refractivity contribution in [2.45, 2.75) is 20.0 Å². The van der Waals surface area contributed by atoms with Crippen molar-refractivity contribution >= 4 is 27.5 Å². The Morgan fingerprint density at radius 1 is 1.45 bits per heavy atom. The predicted octanol–water partition coefficient (Wildman–Crippen LogP) is 2.88. The summed E-state index contributed by atoms with van der Waals surface area (Å²) >= 11 is 3.55. The van der Waals surface area contributed by atoms with E-state index < -0.39 is 6.10 Å². The normalized spacial score (nSPS) is 17.4. The lowest BCUT2D eigenvalue weighted by molar-refractivity contribution is -0.122. The van der Waals surface area contributed by atoms with E-state index in [-0.39, 0.29) is 5.91 Å². The Bertz CT molecular complexity index is 709. The van der Waals surface area contributed by atoms with Crippen molar-refractivity contribution < 1.29 is 9.53 Å². The molecule has 0 radical (unpaired) electrons. The molecule has 1 aromatic carbocycles. The number of ether oxygens (including phenoxy) is 1. The molecule has 1 aliphatic rings. The average Bonchev–Trinajstić information content (AvgIpc) is 2.64. The van der Waals surface area contributed by atoms with Crippen LogP contribution in [-0.4, -0.2) is 21.8 Å². The molecule has 1 aliphatic heterocycles. The van der Waals surface area contributed by atoms with E-state index >= 15 is 0 Å². The van der Waals surface area contributed by atoms with Crippen molar-refractivity contribution in [3.63, 3.8) is 0 Å². The number of halogens is 1. The number of fused-ring (bicyclic) bond motifs is 1. The van der Waals surface area contributed by atoms with Gasteiger partial charge in [-0.15, -0.1) is 0 Å². The first-order valence-corrected chi connectivity index (χ1v) is 7.07. The summed E-state index contributed by atoms with van der Waals surface area (Å²) in [4.78, 5) is 11.7. The van der Waals surface area contributed by atoms with Crippen LogP contribution in [0.2, 0.25) is 0 Å². The van der Waals surface area contributed by atoms with E-state index in [1.165, 1.54) is 0 Å². The minimum absolute atomic E-state index is 0.130. The third kappa shape index (κ3) is 2.00. The fourth-order valence-corrected chi connectivity index (χ4v) is 2.87. The lowest BCUT2D eigenvalue weighted by Crippen LogP contribution is -2.34. The van der Waals surface area contributed by atoms with Gasteiger partial charge in [-0.2, -0.15) is 5.10 Å². The van der Waals surface area contributed by atoms with Crippen LogP contribution in [0.1, 0.15) is 12.6 Å². The van der Waals surface area contributed by atoms with Gasteiger partial charge in [0.2, 0.25) is 0 Å². The highest BCUT2D eigenvalue weighted by Crippen LogP contribution is 2.37. The van der Waals surface area contributed by atoms with Crippen molar-refractivity contribution in [3.05, 3.63) is 28.4 Å². The fraction of sp³-hybridized carbons (Fsp3) is 0.286. The number of carbonyl (C=O) groups excluding carboxylic acids is 1. The first-order chi connectivity index (χ1) is 9.47. The van der Waals surface area contributed by atoms with Gasteiger partial charge in [-0.3, -0.25) is 9.48 Å². The third-order valence-corrected chi connectivity index (χ3v) is 4.28. The summed E-state index contributed by atoms with van der Waals surface area (Å²) in [5, 5.41) is 7.23. The highest BCUT2D eigenvalue weighted by Gasteiger charge is 2.24. The molecule has 6 heteroatoms. The molecular formula is C14H14BrN3O2. The topological polar surface area (TPSA) is 56.2 Å². The minimum Gasteiger partial charge on any atom is -0.479 e. The van der Waals surface area contributed by atoms with Crippen LogP contribution in [0.25, 0.3) is 11.3 Å². The van der Waals surface area contributed by atoms with Gasteiger partial charge in [0.05, 0.1) is 21.5 Å². The van der Waals surface area contributed by atoms with Gasteiger partial charge in [0.1, 0.15) is 5.75 Å². The monoisotopic (exact) mass is 335 g/mol. The molecule has 0 fully saturated rings. The second-order valence-corrected chi connectivity index (χ2v) is 5.62. The average molecular weight is 336 g/mol. The Hall–Kier alpha value is -1.82. The van der Waals surface area contributed by atoms with Gasteiger partial charge >= 0.3 is 0 Å². The largest absolute Gasteiger partial charge is 0.479 e. The summed E-state index contributed by atoms with van der Waals surface area (Å²) in [6, 6.07) is 5.74. The number of aromatic nitrogens is 2. The number of amides is 1. The van der Waals surface area contributed by atoms with Crippen LogP contribution in [0.4, 0.5) is 5.69 Å². The fourth-order valence-electron chi connectivity index (χ4n) is 2.30. The summed E-state index contributed by atoms with van der Waals surface area (Å²) in [5.74, 6) is 0.561. The van der Waals surface area contributed by atoms with Crippen LogP contribution in [0.15, 0.2) is 22.7 Å². The lowest BCUT2D eigenvalue weighted by atomic mass is 10.1. The zero-order valence-electron chi connectivity index (χ0n) is 11.4. The quantitative estimate of drug-likeness (QED) is 0.871. The summed E-state index contributed by atoms with van der Waals surface area (Å²) in [7, 11) is 1.89. The van der Waals surface area contributed by atoms with E-state index in [4.69, 9.17) is 4.74 Å². The standard InChI is InChI=1S/C14H14BrN3O2/c1-7-12(15)13(18(3)17-7)9-4-5-11-10(6-9)16-14(19)8(2)20-11/h4-6,8H,1-3H3,(H,16,19). The van der Waals surface area contributed by atoms with Crippen molar-refractivity contribution in [1.29, 1.82) is 0 Å². The molecule has 20 heavy (non-hydrogen) atoms. The Morgan fingerprint density at radius 3 is 2.85 bits per heavy atom. The highest BCUT2D eigenvalue weighted by atomic mass is 79.9. The van der Waals surface area contributed by atoms with Crippen LogP contribution in [0.5, 0.6) is 5.75 Å². The molecule has 1 aromatic heterocycles. The van der Waals surface area contributed by atoms with Gasteiger partial charge in [0.25, 0.3) is 5.91 Å². The third-order valence-electron chi connectivity index (χ3n) is 3.33. The van der Waals surface area contributed by atoms with E-state index in [0.717, 1.165) is 21.4 Å². The first-order valence-electron chi connectivity index (χ1n) is 6.28. The lowest BCUT2D eigenvalue weighted by Gasteiger charge is -2.23. The SMILES string of the molecule is Cc1nn(C)c(-c2ccc3c(c2)NC(=O)C(C)O3)c1Br. The van der Waals surface area contributed by atoms with Crippen LogP contribution in [-0.2, 0) is 11.8 Å². The maximum atomic E-state index is 11.7. The van der Waals surface area contributed by atoms with Crippen LogP contribution in [0, 0.1) is 6.92 Å². The Morgan fingerprint density at radius 2 is 2.20 bits per heavy atom. The molecule has 1 unspecified atom stereocenters. The molecule has 1 amide bonds. The minimum atomic E-state index is -0.459. The van der Waals surface area contributed by atoms with Crippen molar-refractivity contribution in [1.82, 2.24) is 9.78 Å². The molecule has 104 valence electrons. The van der Waals surface area contributed by atoms with E-state index in [1.807, 2.05) is 36.9 Å². The molecule has 5 nitrogen and oxygen atoms in total. The number of hydrogen-bond acceptors (Lipinski definition) is 3. The van der Waals surface area contributed by atoms with Crippen LogP contribution >= 0.6 is 15.9 Å². The van der Waals surface area contributed by atoms with Crippen LogP contribution in [0.3, 0.4) is 0 Å². The molecule has 0 aliphatic carbocycles. The predicted molar refractivity (Wildman–Crippen MR) is 79.8 cm³/mol. The molecular weight excluding hydrogens is 322 g/mol. The Kier molecular flexibility index (Phi) is 3.05.